The van der Waals surface area contributed by atoms with Crippen LogP contribution in [0.3, 0.4) is 0 Å². The van der Waals surface area contributed by atoms with Gasteiger partial charge < -0.3 is 9.84 Å². The van der Waals surface area contributed by atoms with Crippen LogP contribution in [0.2, 0.25) is 0 Å². The van der Waals surface area contributed by atoms with E-state index in [9.17, 15) is 4.79 Å². The van der Waals surface area contributed by atoms with Gasteiger partial charge in [0, 0.05) is 17.2 Å². The van der Waals surface area contributed by atoms with E-state index in [1.54, 1.807) is 31.4 Å². The second-order valence-electron chi connectivity index (χ2n) is 4.76. The van der Waals surface area contributed by atoms with Gasteiger partial charge in [-0.15, -0.1) is 0 Å². The SMILES string of the molecule is COc1cccc(O)c1.O=C(c1ccccc1)c1ccccc1. The maximum absolute atomic E-state index is 11.8. The average molecular weight is 306 g/mol. The van der Waals surface area contributed by atoms with Gasteiger partial charge in [0.1, 0.15) is 11.5 Å². The van der Waals surface area contributed by atoms with Crippen molar-refractivity contribution in [2.24, 2.45) is 0 Å². The van der Waals surface area contributed by atoms with Gasteiger partial charge in [0.25, 0.3) is 0 Å². The smallest absolute Gasteiger partial charge is 0.193 e. The minimum Gasteiger partial charge on any atom is -0.508 e. The molecule has 0 spiro atoms. The molecule has 0 saturated heterocycles. The number of phenolic OH excluding ortho intramolecular Hbond substituents is 1. The number of ketones is 1. The summed E-state index contributed by atoms with van der Waals surface area (Å²) in [5, 5.41) is 8.86. The quantitative estimate of drug-likeness (QED) is 0.733. The summed E-state index contributed by atoms with van der Waals surface area (Å²) in [6.45, 7) is 0. The maximum Gasteiger partial charge on any atom is 0.193 e. The third-order valence-corrected chi connectivity index (χ3v) is 3.13. The molecule has 0 bridgehead atoms. The Morgan fingerprint density at radius 3 is 1.70 bits per heavy atom. The Balaban J connectivity index is 0.000000185. The van der Waals surface area contributed by atoms with E-state index in [0.29, 0.717) is 5.75 Å². The highest BCUT2D eigenvalue weighted by Gasteiger charge is 2.06. The molecule has 0 atom stereocenters. The van der Waals surface area contributed by atoms with Gasteiger partial charge in [-0.1, -0.05) is 66.7 Å². The molecule has 3 heteroatoms. The Labute approximate surface area is 135 Å². The van der Waals surface area contributed by atoms with Crippen LogP contribution in [0.15, 0.2) is 84.9 Å². The van der Waals surface area contributed by atoms with Crippen molar-refractivity contribution in [1.29, 1.82) is 0 Å². The lowest BCUT2D eigenvalue weighted by Gasteiger charge is -1.99. The Morgan fingerprint density at radius 2 is 1.30 bits per heavy atom. The van der Waals surface area contributed by atoms with Crippen molar-refractivity contribution >= 4 is 5.78 Å². The topological polar surface area (TPSA) is 46.5 Å². The summed E-state index contributed by atoms with van der Waals surface area (Å²) in [4.78, 5) is 11.8. The molecular weight excluding hydrogens is 288 g/mol. The minimum absolute atomic E-state index is 0.0752. The van der Waals surface area contributed by atoms with E-state index in [1.807, 2.05) is 60.7 Å². The van der Waals surface area contributed by atoms with Crippen LogP contribution in [0.5, 0.6) is 11.5 Å². The lowest BCUT2D eigenvalue weighted by molar-refractivity contribution is 0.103. The summed E-state index contributed by atoms with van der Waals surface area (Å²) in [6, 6.07) is 25.3. The van der Waals surface area contributed by atoms with Crippen LogP contribution >= 0.6 is 0 Å². The number of carbonyl (C=O) groups excluding carboxylic acids is 1. The Hall–Kier alpha value is -3.07. The van der Waals surface area contributed by atoms with Crippen molar-refractivity contribution in [3.63, 3.8) is 0 Å². The van der Waals surface area contributed by atoms with E-state index < -0.39 is 0 Å². The Bertz CT molecular complexity index is 696. The number of benzene rings is 3. The second kappa shape index (κ2) is 8.39. The minimum atomic E-state index is 0.0752. The van der Waals surface area contributed by atoms with E-state index in [2.05, 4.69) is 0 Å². The molecule has 3 aromatic rings. The van der Waals surface area contributed by atoms with Crippen molar-refractivity contribution < 1.29 is 14.6 Å². The molecule has 0 amide bonds. The Kier molecular flexibility index (Phi) is 5.95. The van der Waals surface area contributed by atoms with Gasteiger partial charge in [-0.25, -0.2) is 0 Å². The first kappa shape index (κ1) is 16.3. The highest BCUT2D eigenvalue weighted by Crippen LogP contribution is 2.16. The van der Waals surface area contributed by atoms with Crippen molar-refractivity contribution in [3.05, 3.63) is 96.1 Å². The standard InChI is InChI=1S/C13H10O.C7H8O2/c14-13(11-7-3-1-4-8-11)12-9-5-2-6-10-12;1-9-7-4-2-3-6(8)5-7/h1-10H;2-5,8H,1H3. The maximum atomic E-state index is 11.8. The number of phenols is 1. The zero-order valence-electron chi connectivity index (χ0n) is 12.8. The fraction of sp³-hybridized carbons (Fsp3) is 0.0500. The molecule has 0 fully saturated rings. The van der Waals surface area contributed by atoms with Crippen LogP contribution in [0.1, 0.15) is 15.9 Å². The number of ether oxygens (including phenoxy) is 1. The van der Waals surface area contributed by atoms with Gasteiger partial charge in [-0.2, -0.15) is 0 Å². The first-order chi connectivity index (χ1) is 11.2. The predicted octanol–water partition coefficient (Wildman–Crippen LogP) is 4.32. The summed E-state index contributed by atoms with van der Waals surface area (Å²) >= 11 is 0. The number of carbonyl (C=O) groups is 1. The Morgan fingerprint density at radius 1 is 0.783 bits per heavy atom. The van der Waals surface area contributed by atoms with E-state index in [1.165, 1.54) is 0 Å². The van der Waals surface area contributed by atoms with Crippen LogP contribution in [0.4, 0.5) is 0 Å². The van der Waals surface area contributed by atoms with Crippen molar-refractivity contribution in [2.75, 3.05) is 7.11 Å². The first-order valence-corrected chi connectivity index (χ1v) is 7.18. The number of rotatable bonds is 3. The molecule has 3 nitrogen and oxygen atoms in total. The predicted molar refractivity (Wildman–Crippen MR) is 91.0 cm³/mol. The van der Waals surface area contributed by atoms with Crippen LogP contribution in [-0.2, 0) is 0 Å². The molecule has 0 aliphatic heterocycles. The fourth-order valence-electron chi connectivity index (χ4n) is 1.96. The van der Waals surface area contributed by atoms with Gasteiger partial charge >= 0.3 is 0 Å². The zero-order chi connectivity index (χ0) is 16.5. The molecule has 0 aliphatic carbocycles. The largest absolute Gasteiger partial charge is 0.508 e. The van der Waals surface area contributed by atoms with Gasteiger partial charge in [0.15, 0.2) is 5.78 Å². The summed E-state index contributed by atoms with van der Waals surface area (Å²) in [7, 11) is 1.56. The summed E-state index contributed by atoms with van der Waals surface area (Å²) in [5.41, 5.74) is 1.47. The van der Waals surface area contributed by atoms with Gasteiger partial charge in [-0.3, -0.25) is 4.79 Å². The van der Waals surface area contributed by atoms with Gasteiger partial charge in [0.05, 0.1) is 7.11 Å². The molecule has 0 radical (unpaired) electrons. The van der Waals surface area contributed by atoms with Crippen LogP contribution in [-0.4, -0.2) is 18.0 Å². The highest BCUT2D eigenvalue weighted by molar-refractivity contribution is 6.08. The molecule has 0 aliphatic rings. The van der Waals surface area contributed by atoms with Gasteiger partial charge in [-0.05, 0) is 12.1 Å². The third-order valence-electron chi connectivity index (χ3n) is 3.13. The molecule has 1 N–H and O–H groups in total. The lowest BCUT2D eigenvalue weighted by Crippen LogP contribution is -1.99. The first-order valence-electron chi connectivity index (χ1n) is 7.18. The molecule has 0 heterocycles. The summed E-state index contributed by atoms with van der Waals surface area (Å²) < 4.78 is 4.84. The van der Waals surface area contributed by atoms with Crippen molar-refractivity contribution in [3.8, 4) is 11.5 Å². The normalized spacial score (nSPS) is 9.43. The lowest BCUT2D eigenvalue weighted by atomic mass is 10.0. The van der Waals surface area contributed by atoms with Crippen molar-refractivity contribution in [1.82, 2.24) is 0 Å². The number of hydrogen-bond donors (Lipinski definition) is 1. The van der Waals surface area contributed by atoms with E-state index in [0.717, 1.165) is 11.1 Å². The highest BCUT2D eigenvalue weighted by atomic mass is 16.5. The molecule has 116 valence electrons. The molecule has 0 unspecified atom stereocenters. The number of hydrogen-bond acceptors (Lipinski definition) is 3. The van der Waals surface area contributed by atoms with Gasteiger partial charge in [0.2, 0.25) is 0 Å². The van der Waals surface area contributed by atoms with Crippen LogP contribution < -0.4 is 4.74 Å². The summed E-state index contributed by atoms with van der Waals surface area (Å²) in [6.07, 6.45) is 0. The molecule has 3 aromatic carbocycles. The van der Waals surface area contributed by atoms with Crippen LogP contribution in [0, 0.1) is 0 Å². The fourth-order valence-corrected chi connectivity index (χ4v) is 1.96. The average Bonchev–Trinajstić information content (AvgIpc) is 2.63. The van der Waals surface area contributed by atoms with E-state index in [-0.39, 0.29) is 11.5 Å². The van der Waals surface area contributed by atoms with E-state index >= 15 is 0 Å². The summed E-state index contributed by atoms with van der Waals surface area (Å²) in [5.74, 6) is 0.982. The van der Waals surface area contributed by atoms with Crippen molar-refractivity contribution in [2.45, 2.75) is 0 Å². The molecular formula is C20H18O3. The zero-order valence-corrected chi connectivity index (χ0v) is 12.8. The molecule has 23 heavy (non-hydrogen) atoms. The third kappa shape index (κ3) is 5.00. The second-order valence-corrected chi connectivity index (χ2v) is 4.76. The molecule has 0 aromatic heterocycles. The monoisotopic (exact) mass is 306 g/mol. The van der Waals surface area contributed by atoms with Crippen LogP contribution in [0.25, 0.3) is 0 Å². The molecule has 0 saturated carbocycles. The number of methoxy groups -OCH3 is 1. The number of aromatic hydroxyl groups is 1. The molecule has 3 rings (SSSR count). The van der Waals surface area contributed by atoms with E-state index in [4.69, 9.17) is 9.84 Å².